The molecule has 0 aliphatic rings. The first-order valence-electron chi connectivity index (χ1n) is 6.20. The number of hydrogen-bond acceptors (Lipinski definition) is 2. The van der Waals surface area contributed by atoms with E-state index in [1.165, 1.54) is 15.3 Å². The van der Waals surface area contributed by atoms with Gasteiger partial charge in [0, 0.05) is 9.89 Å². The molecule has 98 valence electrons. The largest absolute Gasteiger partial charge is 0.239 e. The number of rotatable bonds is 0. The van der Waals surface area contributed by atoms with Crippen LogP contribution in [0.25, 0.3) is 10.2 Å². The maximum absolute atomic E-state index is 4.78. The van der Waals surface area contributed by atoms with Crippen LogP contribution < -0.4 is 0 Å². The molecule has 0 saturated heterocycles. The quantitative estimate of drug-likeness (QED) is 0.609. The van der Waals surface area contributed by atoms with E-state index in [4.69, 9.17) is 4.98 Å². The Morgan fingerprint density at radius 2 is 1.61 bits per heavy atom. The highest BCUT2D eigenvalue weighted by atomic mass is 79.9. The standard InChI is InChI=1S/C15H20BrNS/c1-14(2,3)9-7-10(16)12-11(8-9)18-13(17-12)15(4,5)6/h7-8H,1-6H3. The molecule has 2 rings (SSSR count). The van der Waals surface area contributed by atoms with Crippen molar-refractivity contribution in [3.05, 3.63) is 27.2 Å². The number of hydrogen-bond donors (Lipinski definition) is 0. The topological polar surface area (TPSA) is 12.9 Å². The Hall–Kier alpha value is -0.410. The van der Waals surface area contributed by atoms with Crippen LogP contribution in [0.2, 0.25) is 0 Å². The van der Waals surface area contributed by atoms with E-state index >= 15 is 0 Å². The van der Waals surface area contributed by atoms with Crippen LogP contribution in [0, 0.1) is 0 Å². The van der Waals surface area contributed by atoms with Gasteiger partial charge in [-0.15, -0.1) is 11.3 Å². The van der Waals surface area contributed by atoms with Crippen molar-refractivity contribution < 1.29 is 0 Å². The van der Waals surface area contributed by atoms with Gasteiger partial charge in [0.25, 0.3) is 0 Å². The molecule has 0 amide bonds. The lowest BCUT2D eigenvalue weighted by Gasteiger charge is -2.19. The van der Waals surface area contributed by atoms with Crippen LogP contribution in [0.3, 0.4) is 0 Å². The van der Waals surface area contributed by atoms with Gasteiger partial charge in [-0.1, -0.05) is 41.5 Å². The lowest BCUT2D eigenvalue weighted by Crippen LogP contribution is -2.10. The molecule has 1 nitrogen and oxygen atoms in total. The third-order valence-electron chi connectivity index (χ3n) is 2.96. The summed E-state index contributed by atoms with van der Waals surface area (Å²) in [6.45, 7) is 13.4. The molecule has 0 aliphatic carbocycles. The van der Waals surface area contributed by atoms with Gasteiger partial charge in [0.15, 0.2) is 0 Å². The van der Waals surface area contributed by atoms with Crippen LogP contribution in [-0.4, -0.2) is 4.98 Å². The van der Waals surface area contributed by atoms with Gasteiger partial charge in [0.1, 0.15) is 0 Å². The molecule has 0 fully saturated rings. The highest BCUT2D eigenvalue weighted by Gasteiger charge is 2.22. The Morgan fingerprint density at radius 1 is 1.00 bits per heavy atom. The summed E-state index contributed by atoms with van der Waals surface area (Å²) in [5, 5.41) is 1.20. The van der Waals surface area contributed by atoms with Gasteiger partial charge >= 0.3 is 0 Å². The van der Waals surface area contributed by atoms with Crippen molar-refractivity contribution in [1.82, 2.24) is 4.98 Å². The number of benzene rings is 1. The predicted octanol–water partition coefficient (Wildman–Crippen LogP) is 5.65. The Kier molecular flexibility index (Phi) is 3.35. The summed E-state index contributed by atoms with van der Waals surface area (Å²) in [7, 11) is 0. The van der Waals surface area contributed by atoms with E-state index < -0.39 is 0 Å². The molecular weight excluding hydrogens is 306 g/mol. The molecule has 0 spiro atoms. The summed E-state index contributed by atoms with van der Waals surface area (Å²) in [4.78, 5) is 4.78. The van der Waals surface area contributed by atoms with E-state index in [-0.39, 0.29) is 10.8 Å². The van der Waals surface area contributed by atoms with Crippen LogP contribution in [0.15, 0.2) is 16.6 Å². The predicted molar refractivity (Wildman–Crippen MR) is 84.7 cm³/mol. The van der Waals surface area contributed by atoms with Crippen LogP contribution in [-0.2, 0) is 10.8 Å². The minimum atomic E-state index is 0.116. The minimum absolute atomic E-state index is 0.116. The first-order valence-corrected chi connectivity index (χ1v) is 7.81. The van der Waals surface area contributed by atoms with Crippen molar-refractivity contribution in [1.29, 1.82) is 0 Å². The highest BCUT2D eigenvalue weighted by molar-refractivity contribution is 9.10. The summed E-state index contributed by atoms with van der Waals surface area (Å²) in [5.41, 5.74) is 2.73. The molecule has 0 unspecified atom stereocenters. The van der Waals surface area contributed by atoms with Gasteiger partial charge in [0.2, 0.25) is 0 Å². The van der Waals surface area contributed by atoms with Crippen LogP contribution in [0.1, 0.15) is 52.1 Å². The zero-order chi connectivity index (χ0) is 13.7. The Morgan fingerprint density at radius 3 is 2.11 bits per heavy atom. The smallest absolute Gasteiger partial charge is 0.0992 e. The second-order valence-corrected chi connectivity index (χ2v) is 8.71. The summed E-state index contributed by atoms with van der Waals surface area (Å²) in [5.74, 6) is 0. The second kappa shape index (κ2) is 4.31. The second-order valence-electron chi connectivity index (χ2n) is 6.82. The number of thiazole rings is 1. The molecule has 0 aliphatic heterocycles. The van der Waals surface area contributed by atoms with Gasteiger partial charge in [-0.3, -0.25) is 0 Å². The third-order valence-corrected chi connectivity index (χ3v) is 4.99. The molecule has 0 N–H and O–H groups in total. The lowest BCUT2D eigenvalue weighted by atomic mass is 9.87. The zero-order valence-corrected chi connectivity index (χ0v) is 14.3. The fraction of sp³-hybridized carbons (Fsp3) is 0.533. The first kappa shape index (κ1) is 14.0. The van der Waals surface area contributed by atoms with E-state index in [2.05, 4.69) is 69.6 Å². The molecule has 18 heavy (non-hydrogen) atoms. The van der Waals surface area contributed by atoms with Crippen molar-refractivity contribution in [2.45, 2.75) is 52.4 Å². The van der Waals surface area contributed by atoms with Gasteiger partial charge < -0.3 is 0 Å². The molecular formula is C15H20BrNS. The molecule has 2 aromatic rings. The summed E-state index contributed by atoms with van der Waals surface area (Å²) >= 11 is 5.47. The maximum Gasteiger partial charge on any atom is 0.0992 e. The van der Waals surface area contributed by atoms with E-state index in [1.807, 2.05) is 11.3 Å². The average molecular weight is 326 g/mol. The fourth-order valence-corrected chi connectivity index (χ4v) is 3.51. The molecule has 3 heteroatoms. The zero-order valence-electron chi connectivity index (χ0n) is 11.9. The normalized spacial score (nSPS) is 13.3. The van der Waals surface area contributed by atoms with E-state index in [0.29, 0.717) is 0 Å². The molecule has 1 aromatic heterocycles. The lowest BCUT2D eigenvalue weighted by molar-refractivity contribution is 0.586. The number of halogens is 1. The molecule has 0 bridgehead atoms. The summed E-state index contributed by atoms with van der Waals surface area (Å²) in [6.07, 6.45) is 0. The minimum Gasteiger partial charge on any atom is -0.239 e. The first-order chi connectivity index (χ1) is 8.09. The monoisotopic (exact) mass is 325 g/mol. The Labute approximate surface area is 122 Å². The number of fused-ring (bicyclic) bond motifs is 1. The fourth-order valence-electron chi connectivity index (χ4n) is 1.74. The maximum atomic E-state index is 4.78. The number of aromatic nitrogens is 1. The third kappa shape index (κ3) is 2.62. The van der Waals surface area contributed by atoms with Gasteiger partial charge in [-0.05, 0) is 39.0 Å². The van der Waals surface area contributed by atoms with Crippen LogP contribution >= 0.6 is 27.3 Å². The van der Waals surface area contributed by atoms with Crippen LogP contribution in [0.4, 0.5) is 0 Å². The Balaban J connectivity index is 2.67. The van der Waals surface area contributed by atoms with Gasteiger partial charge in [-0.25, -0.2) is 4.98 Å². The number of nitrogens with zero attached hydrogens (tertiary/aromatic N) is 1. The average Bonchev–Trinajstić information content (AvgIpc) is 2.59. The van der Waals surface area contributed by atoms with Crippen molar-refractivity contribution >= 4 is 37.5 Å². The van der Waals surface area contributed by atoms with E-state index in [1.54, 1.807) is 0 Å². The molecule has 0 radical (unpaired) electrons. The molecule has 1 aromatic carbocycles. The van der Waals surface area contributed by atoms with Crippen molar-refractivity contribution in [3.8, 4) is 0 Å². The summed E-state index contributed by atoms with van der Waals surface area (Å²) in [6, 6.07) is 4.49. The van der Waals surface area contributed by atoms with Crippen LogP contribution in [0.5, 0.6) is 0 Å². The van der Waals surface area contributed by atoms with E-state index in [9.17, 15) is 0 Å². The van der Waals surface area contributed by atoms with Crippen molar-refractivity contribution in [3.63, 3.8) is 0 Å². The van der Waals surface area contributed by atoms with E-state index in [0.717, 1.165) is 9.99 Å². The van der Waals surface area contributed by atoms with Crippen molar-refractivity contribution in [2.24, 2.45) is 0 Å². The molecule has 1 heterocycles. The Bertz CT molecular complexity index is 585. The SMILES string of the molecule is CC(C)(C)c1cc(Br)c2nc(C(C)(C)C)sc2c1. The van der Waals surface area contributed by atoms with Crippen molar-refractivity contribution in [2.75, 3.05) is 0 Å². The molecule has 0 saturated carbocycles. The highest BCUT2D eigenvalue weighted by Crippen LogP contribution is 2.37. The van der Waals surface area contributed by atoms with Gasteiger partial charge in [0.05, 0.1) is 15.2 Å². The summed E-state index contributed by atoms with van der Waals surface area (Å²) < 4.78 is 2.39. The molecule has 0 atom stereocenters. The van der Waals surface area contributed by atoms with Gasteiger partial charge in [-0.2, -0.15) is 0 Å².